The van der Waals surface area contributed by atoms with Gasteiger partial charge >= 0.3 is 0 Å². The van der Waals surface area contributed by atoms with Gasteiger partial charge in [-0.1, -0.05) is 0 Å². The van der Waals surface area contributed by atoms with Crippen LogP contribution in [0, 0.1) is 11.3 Å². The van der Waals surface area contributed by atoms with Crippen LogP contribution < -0.4 is 10.2 Å². The maximum absolute atomic E-state index is 11.1. The third kappa shape index (κ3) is 2.85. The minimum atomic E-state index is 0.0295. The summed E-state index contributed by atoms with van der Waals surface area (Å²) in [4.78, 5) is 18.1. The van der Waals surface area contributed by atoms with Crippen LogP contribution in [0.15, 0.2) is 6.07 Å². The zero-order valence-electron chi connectivity index (χ0n) is 12.4. The Hall–Kier alpha value is -2.09. The number of carbonyl (C=O) groups excluding carboxylic acids is 1. The molecule has 0 unspecified atom stereocenters. The van der Waals surface area contributed by atoms with Crippen molar-refractivity contribution in [1.29, 1.82) is 5.26 Å². The van der Waals surface area contributed by atoms with Crippen LogP contribution in [-0.4, -0.2) is 30.0 Å². The highest BCUT2D eigenvalue weighted by Gasteiger charge is 2.24. The standard InChI is InChI=1S/C16H20N4O/c1-11(21)18-14-5-7-20(8-6-14)16-13(10-17)9-12-3-2-4-15(12)19-16/h9,14H,2-8H2,1H3,(H,18,21). The molecule has 2 heterocycles. The molecule has 5 heteroatoms. The Morgan fingerprint density at radius 3 is 2.86 bits per heavy atom. The van der Waals surface area contributed by atoms with Crippen molar-refractivity contribution in [1.82, 2.24) is 10.3 Å². The normalized spacial score (nSPS) is 18.2. The Labute approximate surface area is 125 Å². The molecule has 0 spiro atoms. The molecule has 1 aromatic heterocycles. The van der Waals surface area contributed by atoms with Crippen LogP contribution in [0.2, 0.25) is 0 Å². The zero-order valence-corrected chi connectivity index (χ0v) is 12.4. The van der Waals surface area contributed by atoms with E-state index in [1.54, 1.807) is 6.92 Å². The first-order valence-electron chi connectivity index (χ1n) is 7.62. The Kier molecular flexibility index (Phi) is 3.78. The number of aromatic nitrogens is 1. The van der Waals surface area contributed by atoms with E-state index in [4.69, 9.17) is 4.98 Å². The summed E-state index contributed by atoms with van der Waals surface area (Å²) < 4.78 is 0. The molecule has 1 aliphatic carbocycles. The Balaban J connectivity index is 1.76. The molecule has 110 valence electrons. The Bertz CT molecular complexity index is 597. The van der Waals surface area contributed by atoms with Crippen molar-refractivity contribution in [2.24, 2.45) is 0 Å². The van der Waals surface area contributed by atoms with Crippen molar-refractivity contribution in [3.05, 3.63) is 22.9 Å². The van der Waals surface area contributed by atoms with Crippen LogP contribution in [0.3, 0.4) is 0 Å². The molecule has 1 fully saturated rings. The lowest BCUT2D eigenvalue weighted by atomic mass is 10.0. The number of fused-ring (bicyclic) bond motifs is 1. The van der Waals surface area contributed by atoms with Gasteiger partial charge in [-0.2, -0.15) is 5.26 Å². The average molecular weight is 284 g/mol. The van der Waals surface area contributed by atoms with Crippen molar-refractivity contribution in [3.63, 3.8) is 0 Å². The summed E-state index contributed by atoms with van der Waals surface area (Å²) in [5, 5.41) is 12.4. The Morgan fingerprint density at radius 2 is 2.19 bits per heavy atom. The number of rotatable bonds is 2. The van der Waals surface area contributed by atoms with E-state index < -0.39 is 0 Å². The summed E-state index contributed by atoms with van der Waals surface area (Å²) in [6, 6.07) is 4.56. The van der Waals surface area contributed by atoms with Crippen molar-refractivity contribution >= 4 is 11.7 Å². The van der Waals surface area contributed by atoms with Gasteiger partial charge in [-0.05, 0) is 43.7 Å². The summed E-state index contributed by atoms with van der Waals surface area (Å²) in [7, 11) is 0. The molecule has 1 aliphatic heterocycles. The molecule has 0 aromatic carbocycles. The van der Waals surface area contributed by atoms with Crippen LogP contribution in [0.25, 0.3) is 0 Å². The fourth-order valence-corrected chi connectivity index (χ4v) is 3.31. The first-order valence-corrected chi connectivity index (χ1v) is 7.62. The van der Waals surface area contributed by atoms with Gasteiger partial charge in [-0.15, -0.1) is 0 Å². The monoisotopic (exact) mass is 284 g/mol. The highest BCUT2D eigenvalue weighted by molar-refractivity contribution is 5.73. The third-order valence-corrected chi connectivity index (χ3v) is 4.35. The van der Waals surface area contributed by atoms with E-state index in [1.165, 1.54) is 5.56 Å². The topological polar surface area (TPSA) is 69.0 Å². The van der Waals surface area contributed by atoms with E-state index >= 15 is 0 Å². The molecule has 1 saturated heterocycles. The number of hydrogen-bond donors (Lipinski definition) is 1. The van der Waals surface area contributed by atoms with Gasteiger partial charge in [0.25, 0.3) is 0 Å². The lowest BCUT2D eigenvalue weighted by Crippen LogP contribution is -2.44. The van der Waals surface area contributed by atoms with E-state index in [0.717, 1.165) is 56.7 Å². The van der Waals surface area contributed by atoms with Crippen LogP contribution >= 0.6 is 0 Å². The highest BCUT2D eigenvalue weighted by atomic mass is 16.1. The molecular formula is C16H20N4O. The fraction of sp³-hybridized carbons (Fsp3) is 0.562. The molecule has 1 amide bonds. The molecular weight excluding hydrogens is 264 g/mol. The van der Waals surface area contributed by atoms with Gasteiger partial charge in [0.2, 0.25) is 5.91 Å². The lowest BCUT2D eigenvalue weighted by molar-refractivity contribution is -0.119. The summed E-state index contributed by atoms with van der Waals surface area (Å²) in [5.74, 6) is 0.862. The van der Waals surface area contributed by atoms with Crippen molar-refractivity contribution in [2.75, 3.05) is 18.0 Å². The van der Waals surface area contributed by atoms with Gasteiger partial charge in [0, 0.05) is 31.7 Å². The van der Waals surface area contributed by atoms with Gasteiger partial charge < -0.3 is 10.2 Å². The maximum Gasteiger partial charge on any atom is 0.217 e. The van der Waals surface area contributed by atoms with Gasteiger partial charge in [0.15, 0.2) is 0 Å². The highest BCUT2D eigenvalue weighted by Crippen LogP contribution is 2.28. The fourth-order valence-electron chi connectivity index (χ4n) is 3.31. The molecule has 5 nitrogen and oxygen atoms in total. The average Bonchev–Trinajstić information content (AvgIpc) is 2.93. The SMILES string of the molecule is CC(=O)NC1CCN(c2nc3c(cc2C#N)CCC3)CC1. The second-order valence-electron chi connectivity index (χ2n) is 5.89. The van der Waals surface area contributed by atoms with E-state index in [2.05, 4.69) is 16.3 Å². The van der Waals surface area contributed by atoms with Gasteiger partial charge in [0.1, 0.15) is 11.9 Å². The molecule has 0 bridgehead atoms. The number of hydrogen-bond acceptors (Lipinski definition) is 4. The van der Waals surface area contributed by atoms with Crippen LogP contribution in [0.5, 0.6) is 0 Å². The van der Waals surface area contributed by atoms with Crippen LogP contribution in [0.4, 0.5) is 5.82 Å². The molecule has 0 atom stereocenters. The number of nitriles is 1. The largest absolute Gasteiger partial charge is 0.355 e. The maximum atomic E-state index is 11.1. The van der Waals surface area contributed by atoms with E-state index in [1.807, 2.05) is 6.07 Å². The second-order valence-corrected chi connectivity index (χ2v) is 5.89. The van der Waals surface area contributed by atoms with E-state index in [-0.39, 0.29) is 11.9 Å². The lowest BCUT2D eigenvalue weighted by Gasteiger charge is -2.33. The number of carbonyl (C=O) groups is 1. The number of amides is 1. The minimum absolute atomic E-state index is 0.0295. The summed E-state index contributed by atoms with van der Waals surface area (Å²) >= 11 is 0. The quantitative estimate of drug-likeness (QED) is 0.894. The van der Waals surface area contributed by atoms with Gasteiger partial charge in [-0.25, -0.2) is 4.98 Å². The number of piperidine rings is 1. The predicted molar refractivity (Wildman–Crippen MR) is 80.0 cm³/mol. The first kappa shape index (κ1) is 13.9. The number of pyridine rings is 1. The van der Waals surface area contributed by atoms with E-state index in [0.29, 0.717) is 5.56 Å². The van der Waals surface area contributed by atoms with Crippen molar-refractivity contribution in [3.8, 4) is 6.07 Å². The third-order valence-electron chi connectivity index (χ3n) is 4.35. The molecule has 1 aromatic rings. The molecule has 1 N–H and O–H groups in total. The number of nitrogens with zero attached hydrogens (tertiary/aromatic N) is 3. The van der Waals surface area contributed by atoms with Crippen LogP contribution in [-0.2, 0) is 17.6 Å². The minimum Gasteiger partial charge on any atom is -0.355 e. The second kappa shape index (κ2) is 5.72. The molecule has 2 aliphatic rings. The van der Waals surface area contributed by atoms with Crippen molar-refractivity contribution < 1.29 is 4.79 Å². The van der Waals surface area contributed by atoms with Crippen LogP contribution in [0.1, 0.15) is 43.0 Å². The van der Waals surface area contributed by atoms with E-state index in [9.17, 15) is 10.1 Å². The number of nitrogens with one attached hydrogen (secondary N) is 1. The summed E-state index contributed by atoms with van der Waals surface area (Å²) in [6.07, 6.45) is 5.02. The molecule has 3 rings (SSSR count). The molecule has 21 heavy (non-hydrogen) atoms. The van der Waals surface area contributed by atoms with Gasteiger partial charge in [-0.3, -0.25) is 4.79 Å². The zero-order chi connectivity index (χ0) is 14.8. The molecule has 0 saturated carbocycles. The smallest absolute Gasteiger partial charge is 0.217 e. The summed E-state index contributed by atoms with van der Waals surface area (Å²) in [5.41, 5.74) is 3.09. The Morgan fingerprint density at radius 1 is 1.43 bits per heavy atom. The molecule has 0 radical (unpaired) electrons. The number of aryl methyl sites for hydroxylation is 2. The van der Waals surface area contributed by atoms with Crippen molar-refractivity contribution in [2.45, 2.75) is 45.1 Å². The van der Waals surface area contributed by atoms with Gasteiger partial charge in [0.05, 0.1) is 5.56 Å². The predicted octanol–water partition coefficient (Wildman–Crippen LogP) is 1.55. The number of anilines is 1. The first-order chi connectivity index (χ1) is 10.2. The summed E-state index contributed by atoms with van der Waals surface area (Å²) in [6.45, 7) is 3.24.